The Kier molecular flexibility index (Phi) is 12.4. The number of anilines is 3. The molecule has 2 aliphatic rings. The van der Waals surface area contributed by atoms with Crippen molar-refractivity contribution in [2.75, 3.05) is 68.8 Å². The number of nitrogens with one attached hydrogen (secondary N) is 3. The van der Waals surface area contributed by atoms with Crippen LogP contribution in [0.3, 0.4) is 0 Å². The predicted octanol–water partition coefficient (Wildman–Crippen LogP) is 3.97. The number of aliphatic hydroxyl groups excluding tert-OH is 1. The van der Waals surface area contributed by atoms with Crippen LogP contribution >= 0.6 is 0 Å². The topological polar surface area (TPSA) is 120 Å². The van der Waals surface area contributed by atoms with Gasteiger partial charge in [0.15, 0.2) is 0 Å². The van der Waals surface area contributed by atoms with Crippen molar-refractivity contribution in [3.05, 3.63) is 0 Å². The number of methoxy groups -OCH3 is 2. The highest BCUT2D eigenvalue weighted by Gasteiger charge is 2.42. The smallest absolute Gasteiger partial charge is 0.232 e. The lowest BCUT2D eigenvalue weighted by Gasteiger charge is -2.50. The van der Waals surface area contributed by atoms with E-state index in [9.17, 15) is 5.11 Å². The van der Waals surface area contributed by atoms with Gasteiger partial charge in [0, 0.05) is 87.9 Å². The van der Waals surface area contributed by atoms with Crippen LogP contribution in [0.1, 0.15) is 100 Å². The third-order valence-electron chi connectivity index (χ3n) is 8.46. The molecule has 1 aromatic rings. The zero-order valence-corrected chi connectivity index (χ0v) is 28.8. The second-order valence-electron chi connectivity index (χ2n) is 15.3. The molecule has 4 N–H and O–H groups in total. The fourth-order valence-electron chi connectivity index (χ4n) is 7.60. The summed E-state index contributed by atoms with van der Waals surface area (Å²) in [7, 11) is 3.51. The monoisotopic (exact) mass is 606 g/mol. The van der Waals surface area contributed by atoms with Crippen LogP contribution in [-0.2, 0) is 9.47 Å². The maximum absolute atomic E-state index is 9.46. The Morgan fingerprint density at radius 2 is 1.09 bits per heavy atom. The van der Waals surface area contributed by atoms with Gasteiger partial charge in [-0.2, -0.15) is 15.0 Å². The van der Waals surface area contributed by atoms with Gasteiger partial charge in [-0.25, -0.2) is 0 Å². The molecule has 0 atom stereocenters. The molecule has 0 bridgehead atoms. The summed E-state index contributed by atoms with van der Waals surface area (Å²) in [4.78, 5) is 20.1. The van der Waals surface area contributed by atoms with Crippen molar-refractivity contribution >= 4 is 17.8 Å². The molecule has 2 saturated heterocycles. The molecule has 0 aromatic carbocycles. The van der Waals surface area contributed by atoms with Gasteiger partial charge in [0.1, 0.15) is 0 Å². The fourth-order valence-corrected chi connectivity index (χ4v) is 7.60. The van der Waals surface area contributed by atoms with Crippen LogP contribution in [0.15, 0.2) is 0 Å². The van der Waals surface area contributed by atoms with Crippen LogP contribution in [0.4, 0.5) is 17.8 Å². The van der Waals surface area contributed by atoms with Gasteiger partial charge in [-0.3, -0.25) is 0 Å². The zero-order valence-electron chi connectivity index (χ0n) is 28.8. The quantitative estimate of drug-likeness (QED) is 0.205. The average molecular weight is 607 g/mol. The van der Waals surface area contributed by atoms with Crippen LogP contribution in [0.5, 0.6) is 0 Å². The van der Waals surface area contributed by atoms with E-state index >= 15 is 0 Å². The van der Waals surface area contributed by atoms with Gasteiger partial charge in [0.2, 0.25) is 17.8 Å². The Morgan fingerprint density at radius 3 is 1.44 bits per heavy atom. The summed E-state index contributed by atoms with van der Waals surface area (Å²) in [5.74, 6) is 1.97. The van der Waals surface area contributed by atoms with Gasteiger partial charge in [-0.05, 0) is 100 Å². The SMILES string of the molecule is COCCCN(c1nc(NCCCO)nc(N(CCCOC)C2CC(C)(C)NC(C)(C)C2)n1)C1CC(C)(C)NC(C)(C)C1. The number of ether oxygens (including phenoxy) is 2. The van der Waals surface area contributed by atoms with Gasteiger partial charge in [0.05, 0.1) is 0 Å². The van der Waals surface area contributed by atoms with E-state index in [1.807, 2.05) is 0 Å². The Labute approximate surface area is 261 Å². The van der Waals surface area contributed by atoms with E-state index in [4.69, 9.17) is 24.4 Å². The first-order valence-corrected chi connectivity index (χ1v) is 16.3. The van der Waals surface area contributed by atoms with Gasteiger partial charge < -0.3 is 40.3 Å². The van der Waals surface area contributed by atoms with Crippen molar-refractivity contribution in [3.8, 4) is 0 Å². The van der Waals surface area contributed by atoms with Crippen LogP contribution in [0.25, 0.3) is 0 Å². The predicted molar refractivity (Wildman–Crippen MR) is 176 cm³/mol. The molecule has 0 spiro atoms. The summed E-state index contributed by atoms with van der Waals surface area (Å²) >= 11 is 0. The molecule has 0 unspecified atom stereocenters. The second kappa shape index (κ2) is 15.0. The van der Waals surface area contributed by atoms with Gasteiger partial charge in [-0.15, -0.1) is 0 Å². The van der Waals surface area contributed by atoms with Crippen LogP contribution in [-0.4, -0.2) is 108 Å². The second-order valence-corrected chi connectivity index (χ2v) is 15.3. The molecule has 2 aliphatic heterocycles. The Hall–Kier alpha value is -1.79. The molecule has 0 radical (unpaired) electrons. The number of hydrogen-bond donors (Lipinski definition) is 4. The van der Waals surface area contributed by atoms with Crippen molar-refractivity contribution < 1.29 is 14.6 Å². The third-order valence-corrected chi connectivity index (χ3v) is 8.46. The third kappa shape index (κ3) is 11.0. The number of nitrogens with zero attached hydrogens (tertiary/aromatic N) is 5. The molecule has 0 saturated carbocycles. The highest BCUT2D eigenvalue weighted by molar-refractivity contribution is 5.47. The van der Waals surface area contributed by atoms with E-state index in [0.717, 1.165) is 51.6 Å². The van der Waals surface area contributed by atoms with E-state index in [2.05, 4.69) is 81.1 Å². The molecule has 11 heteroatoms. The summed E-state index contributed by atoms with van der Waals surface area (Å²) in [5, 5.41) is 20.5. The van der Waals surface area contributed by atoms with E-state index in [-0.39, 0.29) is 40.8 Å². The fraction of sp³-hybridized carbons (Fsp3) is 0.906. The van der Waals surface area contributed by atoms with E-state index in [0.29, 0.717) is 44.0 Å². The molecular formula is C32H62N8O3. The van der Waals surface area contributed by atoms with Crippen molar-refractivity contribution in [2.24, 2.45) is 0 Å². The maximum atomic E-state index is 9.46. The zero-order chi connectivity index (χ0) is 31.9. The molecule has 3 rings (SSSR count). The maximum Gasteiger partial charge on any atom is 0.232 e. The van der Waals surface area contributed by atoms with Crippen LogP contribution < -0.4 is 25.8 Å². The van der Waals surface area contributed by atoms with Crippen molar-refractivity contribution in [3.63, 3.8) is 0 Å². The van der Waals surface area contributed by atoms with Crippen LogP contribution in [0.2, 0.25) is 0 Å². The van der Waals surface area contributed by atoms with E-state index in [1.54, 1.807) is 14.2 Å². The minimum atomic E-state index is -0.0254. The summed E-state index contributed by atoms with van der Waals surface area (Å²) in [6, 6.07) is 0.504. The Morgan fingerprint density at radius 1 is 0.698 bits per heavy atom. The number of piperidine rings is 2. The molecule has 11 nitrogen and oxygen atoms in total. The normalized spacial score (nSPS) is 21.5. The van der Waals surface area contributed by atoms with Crippen molar-refractivity contribution in [1.82, 2.24) is 25.6 Å². The lowest BCUT2D eigenvalue weighted by Crippen LogP contribution is -2.63. The highest BCUT2D eigenvalue weighted by Crippen LogP contribution is 2.36. The number of aliphatic hydroxyl groups is 1. The summed E-state index contributed by atoms with van der Waals surface area (Å²) in [6.07, 6.45) is 6.29. The van der Waals surface area contributed by atoms with Gasteiger partial charge >= 0.3 is 0 Å². The first kappa shape index (κ1) is 35.7. The van der Waals surface area contributed by atoms with Crippen molar-refractivity contribution in [1.29, 1.82) is 0 Å². The Balaban J connectivity index is 2.10. The minimum absolute atomic E-state index is 0.0254. The number of aromatic nitrogens is 3. The number of hydrogen-bond acceptors (Lipinski definition) is 11. The van der Waals surface area contributed by atoms with Crippen LogP contribution in [0, 0.1) is 0 Å². The average Bonchev–Trinajstić information content (AvgIpc) is 2.85. The lowest BCUT2D eigenvalue weighted by atomic mass is 9.79. The molecule has 2 fully saturated rings. The summed E-state index contributed by atoms with van der Waals surface area (Å²) in [5.41, 5.74) is -0.101. The lowest BCUT2D eigenvalue weighted by molar-refractivity contribution is 0.154. The first-order chi connectivity index (χ1) is 20.1. The summed E-state index contributed by atoms with van der Waals surface area (Å²) < 4.78 is 10.9. The number of rotatable bonds is 16. The van der Waals surface area contributed by atoms with E-state index in [1.165, 1.54) is 0 Å². The van der Waals surface area contributed by atoms with E-state index < -0.39 is 0 Å². The molecule has 43 heavy (non-hydrogen) atoms. The molecule has 0 aliphatic carbocycles. The molecule has 248 valence electrons. The summed E-state index contributed by atoms with van der Waals surface area (Å²) in [6.45, 7) is 21.9. The molecule has 3 heterocycles. The highest BCUT2D eigenvalue weighted by atomic mass is 16.5. The molecular weight excluding hydrogens is 544 g/mol. The largest absolute Gasteiger partial charge is 0.396 e. The molecule has 0 amide bonds. The standard InChI is InChI=1S/C32H62N8O3/c1-29(2)20-24(21-30(3,4)37-29)39(15-12-18-42-9)27-34-26(33-14-11-17-41)35-28(36-27)40(16-13-19-43-10)25-22-31(5,6)38-32(7,8)23-25/h24-25,37-38,41H,11-23H2,1-10H3,(H,33,34,35,36). The first-order valence-electron chi connectivity index (χ1n) is 16.3. The van der Waals surface area contributed by atoms with Gasteiger partial charge in [-0.1, -0.05) is 0 Å². The molecule has 1 aromatic heterocycles. The Bertz CT molecular complexity index is 901. The van der Waals surface area contributed by atoms with Gasteiger partial charge in [0.25, 0.3) is 0 Å². The minimum Gasteiger partial charge on any atom is -0.396 e. The van der Waals surface area contributed by atoms with Crippen molar-refractivity contribution in [2.45, 2.75) is 135 Å².